The third-order valence-electron chi connectivity index (χ3n) is 13.9. The molecule has 0 aliphatic heterocycles. The van der Waals surface area contributed by atoms with E-state index in [0.29, 0.717) is 25.9 Å². The molecule has 74 heavy (non-hydrogen) atoms. The normalized spacial score (nSPS) is 12.7. The molecule has 0 N–H and O–H groups in total. The summed E-state index contributed by atoms with van der Waals surface area (Å²) in [4.78, 5) is 25.6. The van der Waals surface area contributed by atoms with Gasteiger partial charge in [-0.2, -0.15) is 0 Å². The molecule has 0 aromatic heterocycles. The summed E-state index contributed by atoms with van der Waals surface area (Å²) in [5.41, 5.74) is 0. The Kier molecular flexibility index (Phi) is 61.8. The summed E-state index contributed by atoms with van der Waals surface area (Å²) in [6.07, 6.45) is 86.4. The molecule has 0 fully saturated rings. The largest absolute Gasteiger partial charge is 0.462 e. The molecule has 5 nitrogen and oxygen atoms in total. The second-order valence-electron chi connectivity index (χ2n) is 21.3. The van der Waals surface area contributed by atoms with Gasteiger partial charge in [-0.1, -0.05) is 305 Å². The molecule has 0 bridgehead atoms. The summed E-state index contributed by atoms with van der Waals surface area (Å²) >= 11 is 0. The Morgan fingerprint density at radius 3 is 1.03 bits per heavy atom. The number of allylic oxidation sites excluding steroid dienone is 14. The Bertz CT molecular complexity index is 1350. The second kappa shape index (κ2) is 64.4. The lowest BCUT2D eigenvalue weighted by Gasteiger charge is -2.18. The molecule has 0 saturated heterocycles. The van der Waals surface area contributed by atoms with Crippen molar-refractivity contribution in [2.75, 3.05) is 19.8 Å². The van der Waals surface area contributed by atoms with Crippen molar-refractivity contribution in [1.29, 1.82) is 0 Å². The fraction of sp³-hybridized carbons (Fsp3) is 0.768. The summed E-state index contributed by atoms with van der Waals surface area (Å²) in [7, 11) is 0. The summed E-state index contributed by atoms with van der Waals surface area (Å²) in [5, 5.41) is 0. The quantitative estimate of drug-likeness (QED) is 0.0345. The highest BCUT2D eigenvalue weighted by Crippen LogP contribution is 2.17. The van der Waals surface area contributed by atoms with Crippen molar-refractivity contribution in [2.45, 2.75) is 322 Å². The molecule has 0 aromatic carbocycles. The first-order valence-electron chi connectivity index (χ1n) is 32.1. The fourth-order valence-electron chi connectivity index (χ4n) is 9.18. The van der Waals surface area contributed by atoms with Crippen LogP contribution in [0.15, 0.2) is 85.1 Å². The minimum atomic E-state index is -0.571. The van der Waals surface area contributed by atoms with Crippen molar-refractivity contribution < 1.29 is 23.8 Å². The van der Waals surface area contributed by atoms with Crippen molar-refractivity contribution in [2.24, 2.45) is 0 Å². The van der Waals surface area contributed by atoms with Crippen LogP contribution in [0.5, 0.6) is 0 Å². The van der Waals surface area contributed by atoms with Crippen molar-refractivity contribution in [3.05, 3.63) is 85.1 Å². The van der Waals surface area contributed by atoms with E-state index >= 15 is 0 Å². The first-order chi connectivity index (χ1) is 36.6. The number of rotatable bonds is 59. The lowest BCUT2D eigenvalue weighted by atomic mass is 10.0. The maximum Gasteiger partial charge on any atom is 0.306 e. The van der Waals surface area contributed by atoms with Gasteiger partial charge in [0.15, 0.2) is 6.10 Å². The van der Waals surface area contributed by atoms with E-state index in [0.717, 1.165) is 70.6 Å². The number of ether oxygens (including phenoxy) is 3. The van der Waals surface area contributed by atoms with Crippen molar-refractivity contribution in [1.82, 2.24) is 0 Å². The Hall–Kier alpha value is -2.92. The van der Waals surface area contributed by atoms with Gasteiger partial charge in [-0.25, -0.2) is 0 Å². The molecular weight excluding hydrogens is 909 g/mol. The molecular formula is C69H122O5. The van der Waals surface area contributed by atoms with Gasteiger partial charge in [-0.3, -0.25) is 9.59 Å². The van der Waals surface area contributed by atoms with Gasteiger partial charge in [0.1, 0.15) is 6.61 Å². The lowest BCUT2D eigenvalue weighted by molar-refractivity contribution is -0.162. The Labute approximate surface area is 460 Å². The van der Waals surface area contributed by atoms with Gasteiger partial charge in [0.2, 0.25) is 0 Å². The van der Waals surface area contributed by atoms with Crippen LogP contribution in [-0.2, 0) is 23.8 Å². The van der Waals surface area contributed by atoms with Crippen molar-refractivity contribution in [3.8, 4) is 0 Å². The van der Waals surface area contributed by atoms with Gasteiger partial charge in [0.05, 0.1) is 6.61 Å². The Morgan fingerprint density at radius 1 is 0.311 bits per heavy atom. The first kappa shape index (κ1) is 71.1. The highest BCUT2D eigenvalue weighted by Gasteiger charge is 2.17. The van der Waals surface area contributed by atoms with E-state index in [1.54, 1.807) is 0 Å². The maximum atomic E-state index is 12.9. The van der Waals surface area contributed by atoms with Gasteiger partial charge < -0.3 is 14.2 Å². The summed E-state index contributed by atoms with van der Waals surface area (Å²) in [6.45, 7) is 7.68. The average molecular weight is 1030 g/mol. The zero-order chi connectivity index (χ0) is 53.4. The van der Waals surface area contributed by atoms with Crippen LogP contribution in [-0.4, -0.2) is 37.9 Å². The number of esters is 2. The zero-order valence-electron chi connectivity index (χ0n) is 49.3. The first-order valence-corrected chi connectivity index (χ1v) is 32.1. The molecule has 0 aromatic rings. The highest BCUT2D eigenvalue weighted by molar-refractivity contribution is 5.70. The minimum absolute atomic E-state index is 0.0447. The SMILES string of the molecule is CC/C=C\C/C=C\C/C=C\C/C=C\C/C=C\C/C=C\CCC(=O)OCC(COCCCCCCCCCCCCCCCCCCCCCC)OC(=O)CCCCCCCCCCC/C=C\CCCCCCCC. The smallest absolute Gasteiger partial charge is 0.306 e. The van der Waals surface area contributed by atoms with Crippen LogP contribution >= 0.6 is 0 Å². The Balaban J connectivity index is 4.36. The van der Waals surface area contributed by atoms with Crippen molar-refractivity contribution in [3.63, 3.8) is 0 Å². The molecule has 0 rings (SSSR count). The molecule has 0 heterocycles. The van der Waals surface area contributed by atoms with E-state index in [1.165, 1.54) is 205 Å². The van der Waals surface area contributed by atoms with Crippen LogP contribution < -0.4 is 0 Å². The monoisotopic (exact) mass is 1030 g/mol. The van der Waals surface area contributed by atoms with E-state index in [9.17, 15) is 9.59 Å². The number of carbonyl (C=O) groups excluding carboxylic acids is 2. The molecule has 1 unspecified atom stereocenters. The van der Waals surface area contributed by atoms with Gasteiger partial charge >= 0.3 is 11.9 Å². The van der Waals surface area contributed by atoms with Gasteiger partial charge in [-0.05, 0) is 83.5 Å². The molecule has 0 radical (unpaired) electrons. The van der Waals surface area contributed by atoms with Gasteiger partial charge in [0, 0.05) is 19.4 Å². The third-order valence-corrected chi connectivity index (χ3v) is 13.9. The molecule has 0 aliphatic rings. The summed E-state index contributed by atoms with van der Waals surface area (Å²) in [5.74, 6) is -0.484. The Morgan fingerprint density at radius 2 is 0.635 bits per heavy atom. The van der Waals surface area contributed by atoms with Crippen LogP contribution in [0.4, 0.5) is 0 Å². The molecule has 0 amide bonds. The third kappa shape index (κ3) is 61.6. The lowest BCUT2D eigenvalue weighted by Crippen LogP contribution is -2.30. The van der Waals surface area contributed by atoms with Gasteiger partial charge in [0.25, 0.3) is 0 Å². The van der Waals surface area contributed by atoms with Crippen LogP contribution in [0, 0.1) is 0 Å². The zero-order valence-corrected chi connectivity index (χ0v) is 49.3. The number of hydrogen-bond acceptors (Lipinski definition) is 5. The highest BCUT2D eigenvalue weighted by atomic mass is 16.6. The van der Waals surface area contributed by atoms with E-state index in [2.05, 4.69) is 99.8 Å². The molecule has 428 valence electrons. The standard InChI is InChI=1S/C69H122O5/c1-4-7-10-13-16-19-22-25-28-31-34-37-40-43-46-49-52-55-58-61-64-72-65-67(74-69(71)63-60-57-54-51-48-45-42-39-36-33-30-27-24-21-18-15-12-9-6-3)66-73-68(70)62-59-56-53-50-47-44-41-38-35-32-29-26-23-20-17-14-11-8-5-2/h8,11,17,20,26-27,29-30,35,38,44,47,53,56,67H,4-7,9-10,12-16,18-19,21-25,28,31-34,36-37,39-43,45-46,48-52,54-55,57-66H2,1-3H3/b11-8-,20-17-,29-26-,30-27-,38-35-,47-44-,56-53-. The van der Waals surface area contributed by atoms with Crippen molar-refractivity contribution >= 4 is 11.9 Å². The molecule has 0 aliphatic carbocycles. The summed E-state index contributed by atoms with van der Waals surface area (Å²) in [6, 6.07) is 0. The van der Waals surface area contributed by atoms with E-state index < -0.39 is 6.10 Å². The fourth-order valence-corrected chi connectivity index (χ4v) is 9.18. The second-order valence-corrected chi connectivity index (χ2v) is 21.3. The molecule has 5 heteroatoms. The van der Waals surface area contributed by atoms with Crippen LogP contribution in [0.3, 0.4) is 0 Å². The molecule has 0 spiro atoms. The predicted molar refractivity (Wildman–Crippen MR) is 325 cm³/mol. The molecule has 0 saturated carbocycles. The molecule has 1 atom stereocenters. The van der Waals surface area contributed by atoms with Crippen LogP contribution in [0.25, 0.3) is 0 Å². The van der Waals surface area contributed by atoms with E-state index in [-0.39, 0.29) is 25.2 Å². The van der Waals surface area contributed by atoms with E-state index in [4.69, 9.17) is 14.2 Å². The predicted octanol–water partition coefficient (Wildman–Crippen LogP) is 22.4. The van der Waals surface area contributed by atoms with Crippen LogP contribution in [0.2, 0.25) is 0 Å². The minimum Gasteiger partial charge on any atom is -0.462 e. The number of hydrogen-bond donors (Lipinski definition) is 0. The van der Waals surface area contributed by atoms with Crippen LogP contribution in [0.1, 0.15) is 316 Å². The number of unbranched alkanes of at least 4 members (excludes halogenated alkanes) is 34. The topological polar surface area (TPSA) is 61.8 Å². The number of carbonyl (C=O) groups is 2. The van der Waals surface area contributed by atoms with Gasteiger partial charge in [-0.15, -0.1) is 0 Å². The summed E-state index contributed by atoms with van der Waals surface area (Å²) < 4.78 is 17.5. The maximum absolute atomic E-state index is 12.9. The van der Waals surface area contributed by atoms with E-state index in [1.807, 2.05) is 6.08 Å². The average Bonchev–Trinajstić information content (AvgIpc) is 3.40.